The molecule has 3 atom stereocenters. The predicted octanol–water partition coefficient (Wildman–Crippen LogP) is 4.54. The number of hydrogen-bond acceptors (Lipinski definition) is 7. The number of ketones is 1. The van der Waals surface area contributed by atoms with Gasteiger partial charge in [0.05, 0.1) is 25.2 Å². The number of ether oxygens (including phenoxy) is 1. The number of carbonyl (C=O) groups is 1. The number of aliphatic hydroxyl groups excluding tert-OH is 5. The fourth-order valence-corrected chi connectivity index (χ4v) is 5.52. The van der Waals surface area contributed by atoms with Crippen LogP contribution in [-0.4, -0.2) is 76.1 Å². The second-order valence-electron chi connectivity index (χ2n) is 10.5. The molecule has 3 unspecified atom stereocenters. The zero-order valence-electron chi connectivity index (χ0n) is 23.6. The summed E-state index contributed by atoms with van der Waals surface area (Å²) < 4.78 is 6.31. The zero-order chi connectivity index (χ0) is 27.3. The Balaban J connectivity index is 5.82. The highest BCUT2D eigenvalue weighted by atomic mass is 16.5. The normalized spacial score (nSPS) is 15.6. The SMILES string of the molecule is CCCCCCCCCC(CO)C(CO)(CO)C(CCC)(OCCCCCCCC)C(=O)C(O)CO. The van der Waals surface area contributed by atoms with Crippen molar-refractivity contribution >= 4 is 5.78 Å². The van der Waals surface area contributed by atoms with Crippen molar-refractivity contribution in [3.63, 3.8) is 0 Å². The van der Waals surface area contributed by atoms with Crippen molar-refractivity contribution in [1.82, 2.24) is 0 Å². The van der Waals surface area contributed by atoms with Crippen LogP contribution in [0.4, 0.5) is 0 Å². The lowest BCUT2D eigenvalue weighted by Crippen LogP contribution is -2.66. The minimum Gasteiger partial charge on any atom is -0.396 e. The first kappa shape index (κ1) is 35.4. The molecule has 7 heteroatoms. The van der Waals surface area contributed by atoms with E-state index in [0.717, 1.165) is 51.4 Å². The summed E-state index contributed by atoms with van der Waals surface area (Å²) in [6.07, 6.45) is 13.3. The quantitative estimate of drug-likeness (QED) is 0.106. The standard InChI is InChI=1S/C29H58O7/c1-4-7-9-11-13-14-16-18-25(21-30)28(23-32,24-33)29(19-6-3,27(35)26(34)22-31)36-20-17-15-12-10-8-5-2/h25-26,30-34H,4-24H2,1-3H3. The smallest absolute Gasteiger partial charge is 0.196 e. The first-order chi connectivity index (χ1) is 17.4. The van der Waals surface area contributed by atoms with Crippen LogP contribution in [0.2, 0.25) is 0 Å². The van der Waals surface area contributed by atoms with Gasteiger partial charge in [0.25, 0.3) is 0 Å². The maximum Gasteiger partial charge on any atom is 0.196 e. The summed E-state index contributed by atoms with van der Waals surface area (Å²) in [5, 5.41) is 51.8. The van der Waals surface area contributed by atoms with Gasteiger partial charge in [-0.25, -0.2) is 0 Å². The lowest BCUT2D eigenvalue weighted by Gasteiger charge is -2.52. The minimum absolute atomic E-state index is 0.174. The second kappa shape index (κ2) is 21.4. The number of Topliss-reactive ketones (excluding diaryl/α,β-unsaturated/α-hetero) is 1. The monoisotopic (exact) mass is 518 g/mol. The van der Waals surface area contributed by atoms with E-state index >= 15 is 0 Å². The summed E-state index contributed by atoms with van der Waals surface area (Å²) in [6, 6.07) is 0. The van der Waals surface area contributed by atoms with Gasteiger partial charge in [-0.1, -0.05) is 104 Å². The zero-order valence-corrected chi connectivity index (χ0v) is 23.6. The minimum atomic E-state index is -1.70. The van der Waals surface area contributed by atoms with Crippen LogP contribution in [0, 0.1) is 11.3 Å². The molecule has 0 heterocycles. The summed E-state index contributed by atoms with van der Waals surface area (Å²) in [7, 11) is 0. The average Bonchev–Trinajstić information content (AvgIpc) is 2.90. The van der Waals surface area contributed by atoms with Crippen LogP contribution in [0.5, 0.6) is 0 Å². The fraction of sp³-hybridized carbons (Fsp3) is 0.966. The first-order valence-corrected chi connectivity index (χ1v) is 14.7. The summed E-state index contributed by atoms with van der Waals surface area (Å²) in [6.45, 7) is 4.26. The highest BCUT2D eigenvalue weighted by molar-refractivity contribution is 5.92. The molecule has 7 nitrogen and oxygen atoms in total. The Labute approximate surface area is 220 Å². The molecule has 0 rings (SSSR count). The molecule has 0 aromatic heterocycles. The molecule has 0 bridgehead atoms. The second-order valence-corrected chi connectivity index (χ2v) is 10.5. The molecule has 0 fully saturated rings. The van der Waals surface area contributed by atoms with E-state index in [-0.39, 0.29) is 19.6 Å². The summed E-state index contributed by atoms with van der Waals surface area (Å²) in [4.78, 5) is 13.6. The maximum absolute atomic E-state index is 13.6. The van der Waals surface area contributed by atoms with Gasteiger partial charge in [0.15, 0.2) is 5.78 Å². The molecular formula is C29H58O7. The van der Waals surface area contributed by atoms with Crippen LogP contribution >= 0.6 is 0 Å². The molecule has 0 aliphatic rings. The highest BCUT2D eigenvalue weighted by Crippen LogP contribution is 2.47. The number of carbonyl (C=O) groups excluding carboxylic acids is 1. The Bertz CT molecular complexity index is 524. The molecule has 0 radical (unpaired) electrons. The van der Waals surface area contributed by atoms with Gasteiger partial charge in [-0.3, -0.25) is 4.79 Å². The Hall–Kier alpha value is -0.570. The van der Waals surface area contributed by atoms with E-state index in [4.69, 9.17) is 4.74 Å². The Morgan fingerprint density at radius 2 is 1.19 bits per heavy atom. The third-order valence-electron chi connectivity index (χ3n) is 7.85. The average molecular weight is 519 g/mol. The van der Waals surface area contributed by atoms with Gasteiger partial charge in [0, 0.05) is 13.2 Å². The van der Waals surface area contributed by atoms with Crippen LogP contribution in [0.25, 0.3) is 0 Å². The van der Waals surface area contributed by atoms with E-state index in [1.807, 2.05) is 6.92 Å². The summed E-state index contributed by atoms with van der Waals surface area (Å²) in [5.74, 6) is -1.31. The van der Waals surface area contributed by atoms with E-state index in [9.17, 15) is 30.3 Å². The summed E-state index contributed by atoms with van der Waals surface area (Å²) in [5.41, 5.74) is -3.18. The molecule has 0 aromatic carbocycles. The molecule has 0 aromatic rings. The van der Waals surface area contributed by atoms with Gasteiger partial charge in [-0.05, 0) is 25.2 Å². The van der Waals surface area contributed by atoms with E-state index in [0.29, 0.717) is 19.3 Å². The molecule has 0 amide bonds. The summed E-state index contributed by atoms with van der Waals surface area (Å²) >= 11 is 0. The van der Waals surface area contributed by atoms with Crippen LogP contribution in [-0.2, 0) is 9.53 Å². The molecule has 0 aliphatic heterocycles. The molecule has 0 spiro atoms. The molecular weight excluding hydrogens is 460 g/mol. The van der Waals surface area contributed by atoms with E-state index < -0.39 is 48.6 Å². The Kier molecular flexibility index (Phi) is 21.0. The van der Waals surface area contributed by atoms with Gasteiger partial charge < -0.3 is 30.3 Å². The van der Waals surface area contributed by atoms with Crippen molar-refractivity contribution in [2.24, 2.45) is 11.3 Å². The first-order valence-electron chi connectivity index (χ1n) is 14.7. The molecule has 216 valence electrons. The third-order valence-corrected chi connectivity index (χ3v) is 7.85. The Morgan fingerprint density at radius 3 is 1.64 bits per heavy atom. The topological polar surface area (TPSA) is 127 Å². The van der Waals surface area contributed by atoms with Gasteiger partial charge in [0.2, 0.25) is 0 Å². The third kappa shape index (κ3) is 10.7. The van der Waals surface area contributed by atoms with Gasteiger partial charge in [-0.15, -0.1) is 0 Å². The number of aliphatic hydroxyl groups is 5. The fourth-order valence-electron chi connectivity index (χ4n) is 5.52. The van der Waals surface area contributed by atoms with Gasteiger partial charge in [-0.2, -0.15) is 0 Å². The maximum atomic E-state index is 13.6. The van der Waals surface area contributed by atoms with Crippen molar-refractivity contribution in [2.75, 3.05) is 33.0 Å². The molecule has 0 saturated carbocycles. The van der Waals surface area contributed by atoms with Crippen LogP contribution in [0.3, 0.4) is 0 Å². The van der Waals surface area contributed by atoms with Crippen LogP contribution in [0.15, 0.2) is 0 Å². The largest absolute Gasteiger partial charge is 0.396 e. The van der Waals surface area contributed by atoms with E-state index in [2.05, 4.69) is 13.8 Å². The van der Waals surface area contributed by atoms with Crippen LogP contribution in [0.1, 0.15) is 124 Å². The van der Waals surface area contributed by atoms with Crippen LogP contribution < -0.4 is 0 Å². The van der Waals surface area contributed by atoms with E-state index in [1.54, 1.807) is 0 Å². The van der Waals surface area contributed by atoms with Crippen molar-refractivity contribution in [1.29, 1.82) is 0 Å². The molecule has 36 heavy (non-hydrogen) atoms. The molecule has 0 aliphatic carbocycles. The predicted molar refractivity (Wildman–Crippen MR) is 145 cm³/mol. The van der Waals surface area contributed by atoms with Gasteiger partial charge in [0.1, 0.15) is 11.7 Å². The van der Waals surface area contributed by atoms with E-state index in [1.165, 1.54) is 25.7 Å². The number of hydrogen-bond donors (Lipinski definition) is 5. The number of unbranched alkanes of at least 4 members (excludes halogenated alkanes) is 11. The van der Waals surface area contributed by atoms with Crippen molar-refractivity contribution in [3.05, 3.63) is 0 Å². The lowest BCUT2D eigenvalue weighted by atomic mass is 9.59. The Morgan fingerprint density at radius 1 is 0.694 bits per heavy atom. The van der Waals surface area contributed by atoms with Gasteiger partial charge >= 0.3 is 0 Å². The molecule has 0 saturated heterocycles. The highest BCUT2D eigenvalue weighted by Gasteiger charge is 2.60. The molecule has 5 N–H and O–H groups in total. The van der Waals surface area contributed by atoms with Crippen molar-refractivity contribution < 1.29 is 35.1 Å². The van der Waals surface area contributed by atoms with Crippen molar-refractivity contribution in [3.8, 4) is 0 Å². The lowest BCUT2D eigenvalue weighted by molar-refractivity contribution is -0.212. The van der Waals surface area contributed by atoms with Crippen molar-refractivity contribution in [2.45, 2.75) is 135 Å². The number of rotatable bonds is 26.